The third-order valence-corrected chi connectivity index (χ3v) is 3.41. The highest BCUT2D eigenvalue weighted by Crippen LogP contribution is 2.22. The molecule has 0 unspecified atom stereocenters. The lowest BCUT2D eigenvalue weighted by molar-refractivity contribution is 0.142. The maximum atomic E-state index is 5.62. The summed E-state index contributed by atoms with van der Waals surface area (Å²) in [5.74, 6) is 0. The maximum absolute atomic E-state index is 5.62. The summed E-state index contributed by atoms with van der Waals surface area (Å²) in [7, 11) is 0. The van der Waals surface area contributed by atoms with Crippen molar-refractivity contribution in [1.29, 1.82) is 0 Å². The fourth-order valence-electron chi connectivity index (χ4n) is 2.48. The number of hydrogen-bond acceptors (Lipinski definition) is 2. The van der Waals surface area contributed by atoms with E-state index in [1.807, 2.05) is 6.92 Å². The van der Waals surface area contributed by atoms with Crippen LogP contribution in [0.4, 0.5) is 0 Å². The summed E-state index contributed by atoms with van der Waals surface area (Å²) >= 11 is 0. The zero-order chi connectivity index (χ0) is 13.5. The predicted octanol–water partition coefficient (Wildman–Crippen LogP) is 2.96. The van der Waals surface area contributed by atoms with Crippen LogP contribution in [0.5, 0.6) is 0 Å². The highest BCUT2D eigenvalue weighted by atomic mass is 16.5. The zero-order valence-electron chi connectivity index (χ0n) is 11.8. The summed E-state index contributed by atoms with van der Waals surface area (Å²) in [5, 5.41) is 1.37. The van der Waals surface area contributed by atoms with Crippen LogP contribution in [-0.2, 0) is 17.7 Å². The number of rotatable bonds is 8. The Hall–Kier alpha value is -1.32. The number of aryl methyl sites for hydroxylation is 2. The molecule has 0 bridgehead atoms. The number of nitrogens with zero attached hydrogens (tertiary/aromatic N) is 1. The van der Waals surface area contributed by atoms with Gasteiger partial charge in [0.15, 0.2) is 0 Å². The van der Waals surface area contributed by atoms with Gasteiger partial charge < -0.3 is 15.0 Å². The predicted molar refractivity (Wildman–Crippen MR) is 80.4 cm³/mol. The summed E-state index contributed by atoms with van der Waals surface area (Å²) in [6.07, 6.45) is 5.46. The molecule has 0 saturated carbocycles. The van der Waals surface area contributed by atoms with Crippen LogP contribution < -0.4 is 5.73 Å². The molecule has 0 aliphatic rings. The molecule has 0 aliphatic heterocycles. The van der Waals surface area contributed by atoms with E-state index in [2.05, 4.69) is 35.0 Å². The molecule has 0 aliphatic carbocycles. The van der Waals surface area contributed by atoms with Gasteiger partial charge in [-0.3, -0.25) is 0 Å². The summed E-state index contributed by atoms with van der Waals surface area (Å²) < 4.78 is 7.76. The van der Waals surface area contributed by atoms with Crippen molar-refractivity contribution in [2.24, 2.45) is 5.73 Å². The van der Waals surface area contributed by atoms with Crippen LogP contribution in [-0.4, -0.2) is 24.3 Å². The fraction of sp³-hybridized carbons (Fsp3) is 0.500. The van der Waals surface area contributed by atoms with Crippen LogP contribution in [0, 0.1) is 0 Å². The van der Waals surface area contributed by atoms with E-state index in [1.165, 1.54) is 16.5 Å². The van der Waals surface area contributed by atoms with Gasteiger partial charge in [-0.2, -0.15) is 0 Å². The van der Waals surface area contributed by atoms with Crippen LogP contribution >= 0.6 is 0 Å². The number of fused-ring (bicyclic) bond motifs is 1. The van der Waals surface area contributed by atoms with Crippen molar-refractivity contribution in [3.05, 3.63) is 36.0 Å². The van der Waals surface area contributed by atoms with E-state index in [0.717, 1.165) is 45.6 Å². The average Bonchev–Trinajstić information content (AvgIpc) is 2.80. The second-order valence-electron chi connectivity index (χ2n) is 4.81. The van der Waals surface area contributed by atoms with Crippen LogP contribution in [0.1, 0.15) is 25.3 Å². The molecule has 0 atom stereocenters. The van der Waals surface area contributed by atoms with Gasteiger partial charge in [0.2, 0.25) is 0 Å². The number of ether oxygens (including phenoxy) is 1. The van der Waals surface area contributed by atoms with Crippen molar-refractivity contribution in [1.82, 2.24) is 4.57 Å². The van der Waals surface area contributed by atoms with Gasteiger partial charge >= 0.3 is 0 Å². The van der Waals surface area contributed by atoms with Gasteiger partial charge in [0.05, 0.1) is 0 Å². The van der Waals surface area contributed by atoms with E-state index in [4.69, 9.17) is 10.5 Å². The van der Waals surface area contributed by atoms with Crippen molar-refractivity contribution in [3.8, 4) is 0 Å². The average molecular weight is 260 g/mol. The number of nitrogens with two attached hydrogens (primary N) is 1. The molecule has 1 aromatic carbocycles. The van der Waals surface area contributed by atoms with E-state index in [-0.39, 0.29) is 0 Å². The SMILES string of the molecule is CCOCCCn1cc(CCCN)c2ccccc21. The Kier molecular flexibility index (Phi) is 5.43. The summed E-state index contributed by atoms with van der Waals surface area (Å²) in [6.45, 7) is 5.44. The molecule has 0 spiro atoms. The molecule has 19 heavy (non-hydrogen) atoms. The topological polar surface area (TPSA) is 40.2 Å². The Morgan fingerprint density at radius 3 is 2.84 bits per heavy atom. The molecule has 1 aromatic heterocycles. The monoisotopic (exact) mass is 260 g/mol. The molecule has 0 fully saturated rings. The number of para-hydroxylation sites is 1. The van der Waals surface area contributed by atoms with E-state index >= 15 is 0 Å². The van der Waals surface area contributed by atoms with Crippen LogP contribution in [0.15, 0.2) is 30.5 Å². The highest BCUT2D eigenvalue weighted by Gasteiger charge is 2.07. The molecule has 0 amide bonds. The first-order valence-electron chi connectivity index (χ1n) is 7.21. The quantitative estimate of drug-likeness (QED) is 0.741. The van der Waals surface area contributed by atoms with Crippen LogP contribution in [0.25, 0.3) is 10.9 Å². The summed E-state index contributed by atoms with van der Waals surface area (Å²) in [5.41, 5.74) is 8.36. The minimum Gasteiger partial charge on any atom is -0.382 e. The first kappa shape index (κ1) is 14.1. The largest absolute Gasteiger partial charge is 0.382 e. The third kappa shape index (κ3) is 3.58. The summed E-state index contributed by atoms with van der Waals surface area (Å²) in [6, 6.07) is 8.62. The molecule has 2 rings (SSSR count). The van der Waals surface area contributed by atoms with Gasteiger partial charge in [0, 0.05) is 36.9 Å². The lowest BCUT2D eigenvalue weighted by atomic mass is 10.1. The molecule has 0 radical (unpaired) electrons. The van der Waals surface area contributed by atoms with E-state index in [9.17, 15) is 0 Å². The van der Waals surface area contributed by atoms with Gasteiger partial charge in [-0.1, -0.05) is 18.2 Å². The Balaban J connectivity index is 2.13. The molecule has 3 heteroatoms. The van der Waals surface area contributed by atoms with Gasteiger partial charge in [-0.05, 0) is 44.4 Å². The molecule has 1 heterocycles. The van der Waals surface area contributed by atoms with E-state index < -0.39 is 0 Å². The molecular formula is C16H24N2O. The molecule has 2 aromatic rings. The summed E-state index contributed by atoms with van der Waals surface area (Å²) in [4.78, 5) is 0. The van der Waals surface area contributed by atoms with Crippen molar-refractivity contribution >= 4 is 10.9 Å². The lowest BCUT2D eigenvalue weighted by Crippen LogP contribution is -2.02. The maximum Gasteiger partial charge on any atom is 0.0483 e. The van der Waals surface area contributed by atoms with E-state index in [1.54, 1.807) is 0 Å². The number of aromatic nitrogens is 1. The van der Waals surface area contributed by atoms with Crippen molar-refractivity contribution in [3.63, 3.8) is 0 Å². The minimum atomic E-state index is 0.754. The van der Waals surface area contributed by atoms with Crippen molar-refractivity contribution in [2.75, 3.05) is 19.8 Å². The van der Waals surface area contributed by atoms with Crippen molar-refractivity contribution < 1.29 is 4.74 Å². The molecule has 3 nitrogen and oxygen atoms in total. The second kappa shape index (κ2) is 7.31. The van der Waals surface area contributed by atoms with Crippen LogP contribution in [0.2, 0.25) is 0 Å². The highest BCUT2D eigenvalue weighted by molar-refractivity contribution is 5.83. The smallest absolute Gasteiger partial charge is 0.0483 e. The Labute approximate surface area is 115 Å². The fourth-order valence-corrected chi connectivity index (χ4v) is 2.48. The second-order valence-corrected chi connectivity index (χ2v) is 4.81. The third-order valence-electron chi connectivity index (χ3n) is 3.41. The molecule has 0 saturated heterocycles. The number of benzene rings is 1. The van der Waals surface area contributed by atoms with E-state index in [0.29, 0.717) is 0 Å². The first-order chi connectivity index (χ1) is 9.36. The normalized spacial score (nSPS) is 11.3. The Morgan fingerprint density at radius 1 is 1.21 bits per heavy atom. The lowest BCUT2D eigenvalue weighted by Gasteiger charge is -2.05. The Bertz CT molecular complexity index is 504. The van der Waals surface area contributed by atoms with Gasteiger partial charge in [0.25, 0.3) is 0 Å². The molecule has 2 N–H and O–H groups in total. The standard InChI is InChI=1S/C16H24N2O/c1-2-19-12-6-11-18-13-14(7-5-10-17)15-8-3-4-9-16(15)18/h3-4,8-9,13H,2,5-7,10-12,17H2,1H3. The first-order valence-corrected chi connectivity index (χ1v) is 7.21. The van der Waals surface area contributed by atoms with Crippen LogP contribution in [0.3, 0.4) is 0 Å². The Morgan fingerprint density at radius 2 is 2.05 bits per heavy atom. The zero-order valence-corrected chi connectivity index (χ0v) is 11.8. The minimum absolute atomic E-state index is 0.754. The van der Waals surface area contributed by atoms with Gasteiger partial charge in [-0.15, -0.1) is 0 Å². The number of hydrogen-bond donors (Lipinski definition) is 1. The van der Waals surface area contributed by atoms with Gasteiger partial charge in [0.1, 0.15) is 0 Å². The molecule has 104 valence electrons. The molecular weight excluding hydrogens is 236 g/mol. The van der Waals surface area contributed by atoms with Gasteiger partial charge in [-0.25, -0.2) is 0 Å². The van der Waals surface area contributed by atoms with Crippen molar-refractivity contribution in [2.45, 2.75) is 32.7 Å².